The number of hydrogen-bond acceptors (Lipinski definition) is 7. The monoisotopic (exact) mass is 477 g/mol. The molecule has 0 saturated heterocycles. The summed E-state index contributed by atoms with van der Waals surface area (Å²) in [7, 11) is 0. The third kappa shape index (κ3) is 5.77. The number of ether oxygens (including phenoxy) is 2. The van der Waals surface area contributed by atoms with Crippen molar-refractivity contribution in [1.29, 1.82) is 0 Å². The number of nitrogens with zero attached hydrogens (tertiary/aromatic N) is 2. The first-order valence-corrected chi connectivity index (χ1v) is 11.4. The normalized spacial score (nSPS) is 10.8. The molecule has 0 aliphatic rings. The number of rotatable bonds is 8. The molecule has 0 atom stereocenters. The summed E-state index contributed by atoms with van der Waals surface area (Å²) < 4.78 is 11.2. The maximum atomic E-state index is 12.5. The average Bonchev–Trinajstić information content (AvgIpc) is 3.31. The highest BCUT2D eigenvalue weighted by Crippen LogP contribution is 2.30. The predicted octanol–water partition coefficient (Wildman–Crippen LogP) is 6.53. The van der Waals surface area contributed by atoms with E-state index in [-0.39, 0.29) is 5.56 Å². The van der Waals surface area contributed by atoms with Crippen LogP contribution in [0.15, 0.2) is 83.3 Å². The van der Waals surface area contributed by atoms with E-state index in [0.717, 1.165) is 16.8 Å². The average molecular weight is 478 g/mol. The highest BCUT2D eigenvalue weighted by molar-refractivity contribution is 7.14. The summed E-state index contributed by atoms with van der Waals surface area (Å²) in [6.07, 6.45) is 1.64. The highest BCUT2D eigenvalue weighted by atomic mass is 35.5. The first-order chi connectivity index (χ1) is 16.1. The van der Waals surface area contributed by atoms with Crippen LogP contribution < -0.4 is 14.9 Å². The number of anilines is 1. The van der Waals surface area contributed by atoms with Crippen molar-refractivity contribution in [3.8, 4) is 22.8 Å². The van der Waals surface area contributed by atoms with Crippen LogP contribution in [0.3, 0.4) is 0 Å². The van der Waals surface area contributed by atoms with E-state index in [1.54, 1.807) is 48.7 Å². The number of esters is 1. The van der Waals surface area contributed by atoms with E-state index in [9.17, 15) is 4.79 Å². The summed E-state index contributed by atoms with van der Waals surface area (Å²) in [5, 5.41) is 7.24. The Morgan fingerprint density at radius 1 is 1.09 bits per heavy atom. The molecule has 3 aromatic carbocycles. The summed E-state index contributed by atoms with van der Waals surface area (Å²) in [6, 6.07) is 21.9. The van der Waals surface area contributed by atoms with Crippen LogP contribution in [0.2, 0.25) is 5.02 Å². The molecule has 6 nitrogen and oxygen atoms in total. The number of thiazole rings is 1. The van der Waals surface area contributed by atoms with Gasteiger partial charge >= 0.3 is 5.97 Å². The minimum atomic E-state index is -0.553. The van der Waals surface area contributed by atoms with Crippen molar-refractivity contribution in [2.45, 2.75) is 6.92 Å². The third-order valence-corrected chi connectivity index (χ3v) is 5.59. The molecule has 0 bridgehead atoms. The number of halogens is 1. The second-order valence-electron chi connectivity index (χ2n) is 6.78. The van der Waals surface area contributed by atoms with Crippen LogP contribution in [0.25, 0.3) is 11.3 Å². The SMILES string of the molecule is CCOc1cc(/C=N\Nc2nc(-c3ccccc3)cs2)ccc1OC(=O)c1ccccc1Cl. The maximum absolute atomic E-state index is 12.5. The van der Waals surface area contributed by atoms with E-state index in [2.05, 4.69) is 15.5 Å². The summed E-state index contributed by atoms with van der Waals surface area (Å²) >= 11 is 7.57. The lowest BCUT2D eigenvalue weighted by Gasteiger charge is -2.11. The zero-order valence-corrected chi connectivity index (χ0v) is 19.3. The lowest BCUT2D eigenvalue weighted by molar-refractivity contribution is 0.0728. The second kappa shape index (κ2) is 10.8. The van der Waals surface area contributed by atoms with Crippen LogP contribution in [0.5, 0.6) is 11.5 Å². The zero-order valence-electron chi connectivity index (χ0n) is 17.7. The molecule has 1 heterocycles. The predicted molar refractivity (Wildman–Crippen MR) is 133 cm³/mol. The van der Waals surface area contributed by atoms with Gasteiger partial charge < -0.3 is 9.47 Å². The molecule has 0 aliphatic carbocycles. The van der Waals surface area contributed by atoms with Crippen LogP contribution in [0.1, 0.15) is 22.8 Å². The number of carbonyl (C=O) groups excluding carboxylic acids is 1. The molecule has 33 heavy (non-hydrogen) atoms. The van der Waals surface area contributed by atoms with E-state index >= 15 is 0 Å². The van der Waals surface area contributed by atoms with E-state index in [1.165, 1.54) is 11.3 Å². The quantitative estimate of drug-likeness (QED) is 0.135. The van der Waals surface area contributed by atoms with Gasteiger partial charge in [0, 0.05) is 10.9 Å². The molecule has 0 amide bonds. The minimum absolute atomic E-state index is 0.287. The van der Waals surface area contributed by atoms with Gasteiger partial charge in [0.05, 0.1) is 29.1 Å². The van der Waals surface area contributed by atoms with Gasteiger partial charge in [-0.05, 0) is 42.8 Å². The minimum Gasteiger partial charge on any atom is -0.490 e. The van der Waals surface area contributed by atoms with Gasteiger partial charge in [-0.2, -0.15) is 5.10 Å². The molecular formula is C25H20ClN3O3S. The summed E-state index contributed by atoms with van der Waals surface area (Å²) in [5.41, 5.74) is 5.94. The lowest BCUT2D eigenvalue weighted by atomic mass is 10.2. The summed E-state index contributed by atoms with van der Waals surface area (Å²) in [5.74, 6) is 0.185. The maximum Gasteiger partial charge on any atom is 0.345 e. The Morgan fingerprint density at radius 2 is 1.88 bits per heavy atom. The number of aromatic nitrogens is 1. The molecule has 166 valence electrons. The fraction of sp³-hybridized carbons (Fsp3) is 0.0800. The van der Waals surface area contributed by atoms with Gasteiger partial charge in [-0.25, -0.2) is 9.78 Å². The van der Waals surface area contributed by atoms with Crippen molar-refractivity contribution >= 4 is 40.3 Å². The summed E-state index contributed by atoms with van der Waals surface area (Å²) in [6.45, 7) is 2.27. The molecule has 0 radical (unpaired) electrons. The van der Waals surface area contributed by atoms with Crippen molar-refractivity contribution in [1.82, 2.24) is 4.98 Å². The molecule has 0 saturated carbocycles. The molecule has 1 N–H and O–H groups in total. The first kappa shape index (κ1) is 22.5. The lowest BCUT2D eigenvalue weighted by Crippen LogP contribution is -2.10. The van der Waals surface area contributed by atoms with Crippen LogP contribution in [0, 0.1) is 0 Å². The fourth-order valence-electron chi connectivity index (χ4n) is 2.97. The molecule has 0 fully saturated rings. The van der Waals surface area contributed by atoms with Crippen molar-refractivity contribution in [3.05, 3.63) is 94.3 Å². The molecule has 4 rings (SSSR count). The van der Waals surface area contributed by atoms with Gasteiger partial charge in [-0.15, -0.1) is 11.3 Å². The number of carbonyl (C=O) groups is 1. The molecular weight excluding hydrogens is 458 g/mol. The largest absolute Gasteiger partial charge is 0.490 e. The van der Waals surface area contributed by atoms with Gasteiger partial charge in [-0.3, -0.25) is 5.43 Å². The standard InChI is InChI=1S/C25H20ClN3O3S/c1-2-31-23-14-17(12-13-22(23)32-24(30)19-10-6-7-11-20(19)26)15-27-29-25-28-21(16-33-25)18-8-4-3-5-9-18/h3-16H,2H2,1H3,(H,28,29)/b27-15-. The topological polar surface area (TPSA) is 72.8 Å². The highest BCUT2D eigenvalue weighted by Gasteiger charge is 2.15. The molecule has 0 spiro atoms. The van der Waals surface area contributed by atoms with Crippen LogP contribution in [-0.2, 0) is 0 Å². The number of hydrazone groups is 1. The van der Waals surface area contributed by atoms with Crippen molar-refractivity contribution in [2.24, 2.45) is 5.10 Å². The molecule has 4 aromatic rings. The number of benzene rings is 3. The fourth-order valence-corrected chi connectivity index (χ4v) is 3.85. The van der Waals surface area contributed by atoms with Gasteiger partial charge in [0.15, 0.2) is 11.5 Å². The Morgan fingerprint density at radius 3 is 2.67 bits per heavy atom. The van der Waals surface area contributed by atoms with E-state index < -0.39 is 5.97 Å². The molecule has 0 aliphatic heterocycles. The smallest absolute Gasteiger partial charge is 0.345 e. The summed E-state index contributed by atoms with van der Waals surface area (Å²) in [4.78, 5) is 17.0. The van der Waals surface area contributed by atoms with Crippen LogP contribution in [0.4, 0.5) is 5.13 Å². The van der Waals surface area contributed by atoms with Gasteiger partial charge in [-0.1, -0.05) is 54.1 Å². The van der Waals surface area contributed by atoms with Gasteiger partial charge in [0.1, 0.15) is 0 Å². The third-order valence-electron chi connectivity index (χ3n) is 4.51. The molecule has 8 heteroatoms. The van der Waals surface area contributed by atoms with E-state index in [1.807, 2.05) is 42.6 Å². The van der Waals surface area contributed by atoms with Gasteiger partial charge in [0.2, 0.25) is 5.13 Å². The first-order valence-electron chi connectivity index (χ1n) is 10.2. The second-order valence-corrected chi connectivity index (χ2v) is 8.05. The van der Waals surface area contributed by atoms with Gasteiger partial charge in [0.25, 0.3) is 0 Å². The van der Waals surface area contributed by atoms with Crippen molar-refractivity contribution in [3.63, 3.8) is 0 Å². The number of hydrogen-bond donors (Lipinski definition) is 1. The Balaban J connectivity index is 1.45. The van der Waals surface area contributed by atoms with Crippen molar-refractivity contribution in [2.75, 3.05) is 12.0 Å². The van der Waals surface area contributed by atoms with E-state index in [4.69, 9.17) is 21.1 Å². The Hall–Kier alpha value is -3.68. The van der Waals surface area contributed by atoms with Crippen LogP contribution in [-0.4, -0.2) is 23.8 Å². The Kier molecular flexibility index (Phi) is 7.34. The zero-order chi connectivity index (χ0) is 23.0. The Labute approximate surface area is 200 Å². The van der Waals surface area contributed by atoms with Crippen molar-refractivity contribution < 1.29 is 14.3 Å². The molecule has 0 unspecified atom stereocenters. The van der Waals surface area contributed by atoms with Crippen LogP contribution >= 0.6 is 22.9 Å². The van der Waals surface area contributed by atoms with E-state index in [0.29, 0.717) is 28.3 Å². The Bertz CT molecular complexity index is 1270. The molecule has 1 aromatic heterocycles. The number of nitrogens with one attached hydrogen (secondary N) is 1.